The lowest BCUT2D eigenvalue weighted by molar-refractivity contribution is 0.414. The van der Waals surface area contributed by atoms with Gasteiger partial charge in [-0.2, -0.15) is 4.98 Å². The molecule has 7 heteroatoms. The van der Waals surface area contributed by atoms with Crippen molar-refractivity contribution < 1.29 is 4.52 Å². The van der Waals surface area contributed by atoms with Gasteiger partial charge in [0, 0.05) is 0 Å². The molecule has 0 saturated carbocycles. The Kier molecular flexibility index (Phi) is 3.25. The van der Waals surface area contributed by atoms with E-state index in [1.165, 1.54) is 11.5 Å². The Hall–Kier alpha value is -1.34. The second kappa shape index (κ2) is 4.67. The van der Waals surface area contributed by atoms with E-state index in [0.717, 1.165) is 23.4 Å². The molecule has 0 saturated heterocycles. The molecule has 0 bridgehead atoms. The average molecular weight is 239 g/mol. The van der Waals surface area contributed by atoms with Gasteiger partial charge in [0.25, 0.3) is 5.89 Å². The monoisotopic (exact) mass is 239 g/mol. The summed E-state index contributed by atoms with van der Waals surface area (Å²) in [4.78, 5) is 5.07. The maximum absolute atomic E-state index is 5.90. The van der Waals surface area contributed by atoms with Crippen molar-refractivity contribution in [1.82, 2.24) is 19.7 Å². The zero-order chi connectivity index (χ0) is 11.5. The first-order valence-electron chi connectivity index (χ1n) is 5.11. The third kappa shape index (κ3) is 2.10. The van der Waals surface area contributed by atoms with E-state index < -0.39 is 0 Å². The van der Waals surface area contributed by atoms with E-state index in [1.54, 1.807) is 0 Å². The number of aryl methyl sites for hydroxylation is 1. The molecule has 0 aliphatic carbocycles. The molecular formula is C9H13N5OS. The lowest BCUT2D eigenvalue weighted by Gasteiger charge is -2.02. The van der Waals surface area contributed by atoms with E-state index >= 15 is 0 Å². The van der Waals surface area contributed by atoms with Crippen LogP contribution in [0.5, 0.6) is 0 Å². The normalized spacial score (nSPS) is 12.9. The summed E-state index contributed by atoms with van der Waals surface area (Å²) in [6.45, 7) is 3.92. The minimum Gasteiger partial charge on any atom is -0.333 e. The average Bonchev–Trinajstić information content (AvgIpc) is 2.86. The second-order valence-corrected chi connectivity index (χ2v) is 4.29. The fraction of sp³-hybridized carbons (Fsp3) is 0.556. The van der Waals surface area contributed by atoms with Crippen LogP contribution >= 0.6 is 11.5 Å². The maximum atomic E-state index is 5.90. The molecule has 2 rings (SSSR count). The largest absolute Gasteiger partial charge is 0.333 e. The Morgan fingerprint density at radius 1 is 1.50 bits per heavy atom. The van der Waals surface area contributed by atoms with E-state index in [4.69, 9.17) is 10.3 Å². The van der Waals surface area contributed by atoms with Gasteiger partial charge in [-0.05, 0) is 24.9 Å². The van der Waals surface area contributed by atoms with Crippen molar-refractivity contribution in [1.29, 1.82) is 0 Å². The fourth-order valence-electron chi connectivity index (χ4n) is 1.35. The number of nitrogens with zero attached hydrogens (tertiary/aromatic N) is 4. The Morgan fingerprint density at radius 2 is 2.31 bits per heavy atom. The number of rotatable bonds is 4. The van der Waals surface area contributed by atoms with Crippen molar-refractivity contribution in [3.8, 4) is 10.8 Å². The molecule has 0 amide bonds. The molecule has 1 atom stereocenters. The van der Waals surface area contributed by atoms with Gasteiger partial charge in [0.2, 0.25) is 0 Å². The van der Waals surface area contributed by atoms with Crippen molar-refractivity contribution in [2.24, 2.45) is 5.73 Å². The van der Waals surface area contributed by atoms with Crippen LogP contribution in [-0.4, -0.2) is 19.7 Å². The molecule has 2 N–H and O–H groups in total. The Balaban J connectivity index is 2.23. The van der Waals surface area contributed by atoms with Crippen LogP contribution in [0.1, 0.15) is 37.3 Å². The van der Waals surface area contributed by atoms with Crippen molar-refractivity contribution in [2.45, 2.75) is 32.7 Å². The fourth-order valence-corrected chi connectivity index (χ4v) is 1.92. The Labute approximate surface area is 97.0 Å². The summed E-state index contributed by atoms with van der Waals surface area (Å²) in [5.41, 5.74) is 6.69. The lowest BCUT2D eigenvalue weighted by Crippen LogP contribution is -2.11. The third-order valence-corrected chi connectivity index (χ3v) is 3.03. The van der Waals surface area contributed by atoms with Crippen molar-refractivity contribution >= 4 is 11.5 Å². The van der Waals surface area contributed by atoms with Gasteiger partial charge in [-0.15, -0.1) is 5.10 Å². The molecule has 1 unspecified atom stereocenters. The van der Waals surface area contributed by atoms with Crippen molar-refractivity contribution in [3.05, 3.63) is 11.5 Å². The van der Waals surface area contributed by atoms with E-state index in [1.807, 2.05) is 6.92 Å². The van der Waals surface area contributed by atoms with Crippen LogP contribution in [0.25, 0.3) is 10.8 Å². The quantitative estimate of drug-likeness (QED) is 0.873. The van der Waals surface area contributed by atoms with Gasteiger partial charge in [-0.25, -0.2) is 0 Å². The summed E-state index contributed by atoms with van der Waals surface area (Å²) in [6, 6.07) is -0.163. The van der Waals surface area contributed by atoms with Crippen LogP contribution in [0, 0.1) is 6.92 Å². The van der Waals surface area contributed by atoms with Crippen molar-refractivity contribution in [2.75, 3.05) is 0 Å². The van der Waals surface area contributed by atoms with Gasteiger partial charge in [-0.3, -0.25) is 0 Å². The van der Waals surface area contributed by atoms with Gasteiger partial charge < -0.3 is 10.3 Å². The van der Waals surface area contributed by atoms with E-state index in [-0.39, 0.29) is 6.04 Å². The lowest BCUT2D eigenvalue weighted by atomic mass is 10.2. The Bertz CT molecular complexity index is 466. The van der Waals surface area contributed by atoms with Crippen LogP contribution in [0.2, 0.25) is 0 Å². The second-order valence-electron chi connectivity index (χ2n) is 3.54. The summed E-state index contributed by atoms with van der Waals surface area (Å²) in [7, 11) is 0. The number of aromatic nitrogens is 4. The molecule has 2 aromatic heterocycles. The van der Waals surface area contributed by atoms with Gasteiger partial charge in [-0.1, -0.05) is 23.0 Å². The molecule has 0 aromatic carbocycles. The summed E-state index contributed by atoms with van der Waals surface area (Å²) in [5, 5.41) is 7.76. The van der Waals surface area contributed by atoms with Gasteiger partial charge in [0.05, 0.1) is 11.7 Å². The first kappa shape index (κ1) is 11.2. The molecule has 0 aliphatic rings. The molecule has 0 radical (unpaired) electrons. The van der Waals surface area contributed by atoms with Crippen LogP contribution in [0.3, 0.4) is 0 Å². The zero-order valence-electron chi connectivity index (χ0n) is 9.17. The topological polar surface area (TPSA) is 90.7 Å². The van der Waals surface area contributed by atoms with E-state index in [2.05, 4.69) is 26.7 Å². The first-order valence-corrected chi connectivity index (χ1v) is 5.88. The summed E-state index contributed by atoms with van der Waals surface area (Å²) in [6.07, 6.45) is 1.84. The SMILES string of the molecule is CCCC(N)c1noc(-c2snnc2C)n1. The molecule has 2 heterocycles. The molecule has 16 heavy (non-hydrogen) atoms. The first-order chi connectivity index (χ1) is 7.72. The predicted molar refractivity (Wildman–Crippen MR) is 59.8 cm³/mol. The molecule has 0 aliphatic heterocycles. The third-order valence-electron chi connectivity index (χ3n) is 2.22. The number of hydrogen-bond donors (Lipinski definition) is 1. The smallest absolute Gasteiger partial charge is 0.271 e. The van der Waals surface area contributed by atoms with E-state index in [0.29, 0.717) is 11.7 Å². The highest BCUT2D eigenvalue weighted by Crippen LogP contribution is 2.25. The van der Waals surface area contributed by atoms with Crippen molar-refractivity contribution in [3.63, 3.8) is 0 Å². The molecule has 6 nitrogen and oxygen atoms in total. The standard InChI is InChI=1S/C9H13N5OS/c1-3-4-6(10)8-11-9(15-13-8)7-5(2)12-14-16-7/h6H,3-4,10H2,1-2H3. The van der Waals surface area contributed by atoms with Gasteiger partial charge in [0.15, 0.2) is 5.82 Å². The highest BCUT2D eigenvalue weighted by Gasteiger charge is 2.17. The zero-order valence-corrected chi connectivity index (χ0v) is 9.99. The van der Waals surface area contributed by atoms with E-state index in [9.17, 15) is 0 Å². The maximum Gasteiger partial charge on any atom is 0.271 e. The van der Waals surface area contributed by atoms with Crippen LogP contribution in [0.4, 0.5) is 0 Å². The Morgan fingerprint density at radius 3 is 2.94 bits per heavy atom. The van der Waals surface area contributed by atoms with Gasteiger partial charge >= 0.3 is 0 Å². The highest BCUT2D eigenvalue weighted by atomic mass is 32.1. The van der Waals surface area contributed by atoms with Crippen LogP contribution in [-0.2, 0) is 0 Å². The summed E-state index contributed by atoms with van der Waals surface area (Å²) < 4.78 is 8.97. The molecule has 86 valence electrons. The molecule has 0 spiro atoms. The molecule has 0 fully saturated rings. The minimum absolute atomic E-state index is 0.163. The van der Waals surface area contributed by atoms with Gasteiger partial charge in [0.1, 0.15) is 4.88 Å². The van der Waals surface area contributed by atoms with Crippen LogP contribution in [0.15, 0.2) is 4.52 Å². The summed E-state index contributed by atoms with van der Waals surface area (Å²) in [5.74, 6) is 0.999. The number of hydrogen-bond acceptors (Lipinski definition) is 7. The number of nitrogens with two attached hydrogens (primary N) is 1. The molecular weight excluding hydrogens is 226 g/mol. The summed E-state index contributed by atoms with van der Waals surface area (Å²) >= 11 is 1.24. The predicted octanol–water partition coefficient (Wildman–Crippen LogP) is 1.70. The highest BCUT2D eigenvalue weighted by molar-refractivity contribution is 7.09. The minimum atomic E-state index is -0.163. The van der Waals surface area contributed by atoms with Crippen LogP contribution < -0.4 is 5.73 Å². The molecule has 2 aromatic rings.